The van der Waals surface area contributed by atoms with Crippen molar-refractivity contribution in [1.29, 1.82) is 0 Å². The summed E-state index contributed by atoms with van der Waals surface area (Å²) in [6.45, 7) is 0.726. The van der Waals surface area contributed by atoms with E-state index in [-0.39, 0.29) is 11.9 Å². The molecule has 3 N–H and O–H groups in total. The first kappa shape index (κ1) is 21.0. The molecule has 1 saturated heterocycles. The highest BCUT2D eigenvalue weighted by atomic mass is 32.2. The van der Waals surface area contributed by atoms with Crippen molar-refractivity contribution in [2.45, 2.75) is 42.5 Å². The standard InChI is InChI=1S/C24H26N8OS/c1-34-17-10-8-16(9-11-17)25-23(33)20-5-2-12-31(20)24-27-22(19-4-3-13-32(19)30-24)26-21-14-18(28-29-21)15-6-7-15/h3-4,8-11,13-15,20H,2,5-7,12H2,1H3,(H,25,33)(H2,26,27,28,29,30). The third kappa shape index (κ3) is 4.09. The first-order chi connectivity index (χ1) is 16.7. The van der Waals surface area contributed by atoms with Crippen LogP contribution in [-0.2, 0) is 4.79 Å². The summed E-state index contributed by atoms with van der Waals surface area (Å²) in [6.07, 6.45) is 8.01. The van der Waals surface area contributed by atoms with Gasteiger partial charge in [-0.05, 0) is 68.3 Å². The van der Waals surface area contributed by atoms with Crippen LogP contribution in [0.25, 0.3) is 5.52 Å². The van der Waals surface area contributed by atoms with Gasteiger partial charge in [0.15, 0.2) is 11.6 Å². The Kier molecular flexibility index (Phi) is 5.37. The first-order valence-electron chi connectivity index (χ1n) is 11.6. The van der Waals surface area contributed by atoms with E-state index in [0.717, 1.165) is 47.0 Å². The lowest BCUT2D eigenvalue weighted by Crippen LogP contribution is -2.40. The zero-order valence-corrected chi connectivity index (χ0v) is 19.7. The van der Waals surface area contributed by atoms with Crippen LogP contribution in [-0.4, -0.2) is 49.5 Å². The smallest absolute Gasteiger partial charge is 0.247 e. The van der Waals surface area contributed by atoms with E-state index in [9.17, 15) is 4.79 Å². The van der Waals surface area contributed by atoms with Crippen LogP contribution in [0.5, 0.6) is 0 Å². The fourth-order valence-electron chi connectivity index (χ4n) is 4.44. The second kappa shape index (κ2) is 8.68. The molecule has 174 valence electrons. The van der Waals surface area contributed by atoms with Crippen LogP contribution in [0.3, 0.4) is 0 Å². The Morgan fingerprint density at radius 1 is 1.18 bits per heavy atom. The zero-order chi connectivity index (χ0) is 23.1. The van der Waals surface area contributed by atoms with Crippen LogP contribution in [0, 0.1) is 0 Å². The Balaban J connectivity index is 1.25. The molecule has 34 heavy (non-hydrogen) atoms. The lowest BCUT2D eigenvalue weighted by atomic mass is 10.2. The van der Waals surface area contributed by atoms with Gasteiger partial charge in [0.25, 0.3) is 0 Å². The molecule has 1 atom stereocenters. The largest absolute Gasteiger partial charge is 0.327 e. The number of nitrogens with one attached hydrogen (secondary N) is 3. The van der Waals surface area contributed by atoms with Crippen LogP contribution >= 0.6 is 11.8 Å². The number of hydrogen-bond donors (Lipinski definition) is 3. The molecule has 0 radical (unpaired) electrons. The minimum atomic E-state index is -0.326. The molecular formula is C24H26N8OS. The maximum absolute atomic E-state index is 13.2. The number of H-pyrrole nitrogens is 1. The Morgan fingerprint density at radius 3 is 2.82 bits per heavy atom. The van der Waals surface area contributed by atoms with Gasteiger partial charge in [-0.25, -0.2) is 4.52 Å². The molecule has 9 nitrogen and oxygen atoms in total. The summed E-state index contributed by atoms with van der Waals surface area (Å²) in [6, 6.07) is 13.5. The van der Waals surface area contributed by atoms with Crippen LogP contribution in [0.1, 0.15) is 37.3 Å². The number of anilines is 4. The van der Waals surface area contributed by atoms with Gasteiger partial charge < -0.3 is 15.5 Å². The highest BCUT2D eigenvalue weighted by Crippen LogP contribution is 2.39. The van der Waals surface area contributed by atoms with E-state index < -0.39 is 0 Å². The molecule has 0 spiro atoms. The van der Waals surface area contributed by atoms with Crippen LogP contribution in [0.4, 0.5) is 23.3 Å². The molecule has 1 saturated carbocycles. The number of nitrogens with zero attached hydrogens (tertiary/aromatic N) is 5. The molecule has 2 fully saturated rings. The summed E-state index contributed by atoms with van der Waals surface area (Å²) in [7, 11) is 0. The zero-order valence-electron chi connectivity index (χ0n) is 18.9. The van der Waals surface area contributed by atoms with Crippen molar-refractivity contribution in [2.24, 2.45) is 0 Å². The normalized spacial score (nSPS) is 17.9. The minimum absolute atomic E-state index is 0.0403. The van der Waals surface area contributed by atoms with Gasteiger partial charge in [-0.1, -0.05) is 0 Å². The number of thioether (sulfide) groups is 1. The second-order valence-electron chi connectivity index (χ2n) is 8.78. The summed E-state index contributed by atoms with van der Waals surface area (Å²) >= 11 is 1.68. The molecule has 2 aliphatic rings. The first-order valence-corrected chi connectivity index (χ1v) is 12.8. The molecule has 1 aliphatic carbocycles. The van der Waals surface area contributed by atoms with E-state index in [1.807, 2.05) is 59.8 Å². The molecule has 3 aromatic heterocycles. The van der Waals surface area contributed by atoms with E-state index in [0.29, 0.717) is 17.7 Å². The number of benzene rings is 1. The summed E-state index contributed by atoms with van der Waals surface area (Å²) < 4.78 is 1.80. The van der Waals surface area contributed by atoms with Crippen molar-refractivity contribution >= 4 is 46.5 Å². The van der Waals surface area contributed by atoms with E-state index in [1.54, 1.807) is 16.3 Å². The molecular weight excluding hydrogens is 448 g/mol. The third-order valence-electron chi connectivity index (χ3n) is 6.41. The van der Waals surface area contributed by atoms with Crippen LogP contribution in [0.2, 0.25) is 0 Å². The fraction of sp³-hybridized carbons (Fsp3) is 0.333. The number of carbonyl (C=O) groups excluding carboxylic acids is 1. The van der Waals surface area contributed by atoms with Crippen molar-refractivity contribution in [3.63, 3.8) is 0 Å². The molecule has 1 unspecified atom stereocenters. The highest BCUT2D eigenvalue weighted by Gasteiger charge is 2.33. The Bertz CT molecular complexity index is 1330. The number of rotatable bonds is 7. The Morgan fingerprint density at radius 2 is 2.03 bits per heavy atom. The summed E-state index contributed by atoms with van der Waals surface area (Å²) in [5, 5.41) is 18.6. The van der Waals surface area contributed by atoms with Crippen LogP contribution in [0.15, 0.2) is 53.6 Å². The van der Waals surface area contributed by atoms with Crippen molar-refractivity contribution in [3.05, 3.63) is 54.4 Å². The van der Waals surface area contributed by atoms with Gasteiger partial charge in [-0.3, -0.25) is 9.89 Å². The molecule has 1 aliphatic heterocycles. The van der Waals surface area contributed by atoms with E-state index in [2.05, 4.69) is 20.8 Å². The van der Waals surface area contributed by atoms with Gasteiger partial charge in [0.2, 0.25) is 11.9 Å². The Labute approximate surface area is 201 Å². The maximum Gasteiger partial charge on any atom is 0.247 e. The van der Waals surface area contributed by atoms with Gasteiger partial charge in [-0.15, -0.1) is 16.9 Å². The maximum atomic E-state index is 13.2. The number of carbonyl (C=O) groups is 1. The lowest BCUT2D eigenvalue weighted by Gasteiger charge is -2.24. The molecule has 6 rings (SSSR count). The molecule has 1 amide bonds. The third-order valence-corrected chi connectivity index (χ3v) is 7.15. The topological polar surface area (TPSA) is 103 Å². The Hall–Kier alpha value is -3.53. The van der Waals surface area contributed by atoms with Crippen molar-refractivity contribution in [2.75, 3.05) is 28.3 Å². The SMILES string of the molecule is CSc1ccc(NC(=O)C2CCCN2c2nc(Nc3cc(C4CC4)[nH]n3)c3cccn3n2)cc1. The number of aromatic amines is 1. The van der Waals surface area contributed by atoms with Crippen LogP contribution < -0.4 is 15.5 Å². The number of fused-ring (bicyclic) bond motifs is 1. The molecule has 0 bridgehead atoms. The summed E-state index contributed by atoms with van der Waals surface area (Å²) in [5.41, 5.74) is 2.81. The average Bonchev–Trinajstić information content (AvgIpc) is 3.24. The van der Waals surface area contributed by atoms with Crippen molar-refractivity contribution < 1.29 is 4.79 Å². The van der Waals surface area contributed by atoms with E-state index in [4.69, 9.17) is 10.1 Å². The quantitative estimate of drug-likeness (QED) is 0.341. The predicted octanol–water partition coefficient (Wildman–Crippen LogP) is 4.40. The van der Waals surface area contributed by atoms with Crippen molar-refractivity contribution in [1.82, 2.24) is 24.8 Å². The van der Waals surface area contributed by atoms with Gasteiger partial charge in [-0.2, -0.15) is 10.1 Å². The second-order valence-corrected chi connectivity index (χ2v) is 9.66. The summed E-state index contributed by atoms with van der Waals surface area (Å²) in [4.78, 5) is 21.2. The number of hydrogen-bond acceptors (Lipinski definition) is 7. The van der Waals surface area contributed by atoms with Gasteiger partial charge in [0.05, 0.1) is 0 Å². The van der Waals surface area contributed by atoms with E-state index in [1.165, 1.54) is 12.8 Å². The van der Waals surface area contributed by atoms with Crippen molar-refractivity contribution in [3.8, 4) is 0 Å². The minimum Gasteiger partial charge on any atom is -0.327 e. The average molecular weight is 475 g/mol. The lowest BCUT2D eigenvalue weighted by molar-refractivity contribution is -0.117. The fourth-order valence-corrected chi connectivity index (χ4v) is 4.85. The number of aromatic nitrogens is 5. The highest BCUT2D eigenvalue weighted by molar-refractivity contribution is 7.98. The molecule has 1 aromatic carbocycles. The van der Waals surface area contributed by atoms with Gasteiger partial charge in [0.1, 0.15) is 11.6 Å². The van der Waals surface area contributed by atoms with Gasteiger partial charge >= 0.3 is 0 Å². The molecule has 4 aromatic rings. The molecule has 4 heterocycles. The number of amides is 1. The predicted molar refractivity (Wildman–Crippen MR) is 134 cm³/mol. The van der Waals surface area contributed by atoms with E-state index >= 15 is 0 Å². The van der Waals surface area contributed by atoms with Gasteiger partial charge in [0, 0.05) is 41.0 Å². The molecule has 10 heteroatoms. The summed E-state index contributed by atoms with van der Waals surface area (Å²) in [5.74, 6) is 2.49. The monoisotopic (exact) mass is 474 g/mol.